The maximum atomic E-state index is 12.2. The van der Waals surface area contributed by atoms with Crippen LogP contribution in [0, 0.1) is 0 Å². The number of nitrogens with one attached hydrogen (secondary N) is 1. The van der Waals surface area contributed by atoms with Crippen LogP contribution in [-0.4, -0.2) is 26.4 Å². The first-order valence-electron chi connectivity index (χ1n) is 9.39. The number of carbonyl (C=O) groups is 1. The second-order valence-corrected chi connectivity index (χ2v) is 8.31. The Kier molecular flexibility index (Phi) is 6.89. The number of rotatable bonds is 9. The summed E-state index contributed by atoms with van der Waals surface area (Å²) in [6, 6.07) is 23.8. The largest absolute Gasteiger partial charge is 0.467 e. The molecule has 1 N–H and O–H groups in total. The minimum Gasteiger partial charge on any atom is -0.467 e. The number of furan rings is 1. The molecule has 0 fully saturated rings. The zero-order valence-corrected chi connectivity index (χ0v) is 17.7. The molecule has 8 heteroatoms. The Bertz CT molecular complexity index is 1070. The first-order valence-corrected chi connectivity index (χ1v) is 11.4. The van der Waals surface area contributed by atoms with Crippen LogP contribution in [0.3, 0.4) is 0 Å². The molecule has 0 bridgehead atoms. The molecule has 0 saturated carbocycles. The molecular weight excluding hydrogens is 416 g/mol. The van der Waals surface area contributed by atoms with Crippen LogP contribution < -0.4 is 5.32 Å². The van der Waals surface area contributed by atoms with Crippen molar-refractivity contribution in [3.05, 3.63) is 90.6 Å². The van der Waals surface area contributed by atoms with Crippen LogP contribution in [0.15, 0.2) is 93.5 Å². The molecule has 0 radical (unpaired) electrons. The monoisotopic (exact) mass is 436 g/mol. The number of para-hydroxylation sites is 1. The second-order valence-electron chi connectivity index (χ2n) is 6.32. The second kappa shape index (κ2) is 10.2. The number of thioether (sulfide) groups is 2. The van der Waals surface area contributed by atoms with Crippen molar-refractivity contribution >= 4 is 29.4 Å². The molecule has 4 aromatic rings. The lowest BCUT2D eigenvalue weighted by Gasteiger charge is -2.10. The number of benzene rings is 2. The van der Waals surface area contributed by atoms with E-state index in [0.29, 0.717) is 17.5 Å². The Labute approximate surface area is 183 Å². The lowest BCUT2D eigenvalue weighted by molar-refractivity contribution is -0.118. The topological polar surface area (TPSA) is 73.0 Å². The van der Waals surface area contributed by atoms with Crippen LogP contribution in [0.5, 0.6) is 0 Å². The maximum absolute atomic E-state index is 12.2. The van der Waals surface area contributed by atoms with Gasteiger partial charge < -0.3 is 9.73 Å². The highest BCUT2D eigenvalue weighted by Crippen LogP contribution is 2.27. The zero-order chi connectivity index (χ0) is 20.6. The fourth-order valence-electron chi connectivity index (χ4n) is 2.77. The van der Waals surface area contributed by atoms with Crippen LogP contribution in [0.25, 0.3) is 5.69 Å². The van der Waals surface area contributed by atoms with Crippen molar-refractivity contribution < 1.29 is 9.21 Å². The molecule has 1 amide bonds. The maximum Gasteiger partial charge on any atom is 0.230 e. The Balaban J connectivity index is 1.45. The SMILES string of the molecule is O=C(CSc1nnc(CSc2ccccc2)n1-c1ccccc1)NCc1ccco1. The lowest BCUT2D eigenvalue weighted by atomic mass is 10.3. The quantitative estimate of drug-likeness (QED) is 0.388. The summed E-state index contributed by atoms with van der Waals surface area (Å²) in [6.45, 7) is 0.372. The van der Waals surface area contributed by atoms with Crippen molar-refractivity contribution in [1.29, 1.82) is 0 Å². The van der Waals surface area contributed by atoms with Crippen molar-refractivity contribution in [3.63, 3.8) is 0 Å². The summed E-state index contributed by atoms with van der Waals surface area (Å²) in [5, 5.41) is 12.3. The summed E-state index contributed by atoms with van der Waals surface area (Å²) in [5.41, 5.74) is 0.977. The normalized spacial score (nSPS) is 10.8. The molecule has 0 spiro atoms. The van der Waals surface area contributed by atoms with E-state index in [4.69, 9.17) is 4.42 Å². The van der Waals surface area contributed by atoms with Gasteiger partial charge in [-0.2, -0.15) is 0 Å². The van der Waals surface area contributed by atoms with E-state index in [0.717, 1.165) is 17.3 Å². The van der Waals surface area contributed by atoms with Gasteiger partial charge in [-0.25, -0.2) is 0 Å². The average Bonchev–Trinajstić information content (AvgIpc) is 3.46. The number of hydrogen-bond acceptors (Lipinski definition) is 6. The van der Waals surface area contributed by atoms with Crippen molar-refractivity contribution in [2.24, 2.45) is 0 Å². The summed E-state index contributed by atoms with van der Waals surface area (Å²) in [7, 11) is 0. The van der Waals surface area contributed by atoms with E-state index in [1.54, 1.807) is 24.1 Å². The Morgan fingerprint density at radius 1 is 0.933 bits per heavy atom. The average molecular weight is 437 g/mol. The summed E-state index contributed by atoms with van der Waals surface area (Å²) in [6.07, 6.45) is 1.59. The summed E-state index contributed by atoms with van der Waals surface area (Å²) in [5.74, 6) is 2.41. The molecule has 2 aromatic carbocycles. The third kappa shape index (κ3) is 5.34. The molecule has 0 aliphatic rings. The molecule has 0 aliphatic carbocycles. The van der Waals surface area contributed by atoms with E-state index in [9.17, 15) is 4.79 Å². The first kappa shape index (κ1) is 20.3. The molecule has 0 unspecified atom stereocenters. The minimum absolute atomic E-state index is 0.0841. The van der Waals surface area contributed by atoms with Gasteiger partial charge in [-0.1, -0.05) is 48.2 Å². The van der Waals surface area contributed by atoms with Crippen molar-refractivity contribution in [2.45, 2.75) is 22.3 Å². The van der Waals surface area contributed by atoms with Gasteiger partial charge in [0.2, 0.25) is 5.91 Å². The van der Waals surface area contributed by atoms with Crippen LogP contribution in [0.1, 0.15) is 11.6 Å². The Hall–Kier alpha value is -2.97. The predicted octanol–water partition coefficient (Wildman–Crippen LogP) is 4.56. The van der Waals surface area contributed by atoms with E-state index in [-0.39, 0.29) is 11.7 Å². The third-order valence-electron chi connectivity index (χ3n) is 4.20. The van der Waals surface area contributed by atoms with Crippen molar-refractivity contribution in [2.75, 3.05) is 5.75 Å². The zero-order valence-electron chi connectivity index (χ0n) is 16.1. The highest BCUT2D eigenvalue weighted by atomic mass is 32.2. The molecule has 0 saturated heterocycles. The molecule has 152 valence electrons. The van der Waals surface area contributed by atoms with Gasteiger partial charge in [0.05, 0.1) is 24.3 Å². The summed E-state index contributed by atoms with van der Waals surface area (Å²) in [4.78, 5) is 13.4. The van der Waals surface area contributed by atoms with E-state index >= 15 is 0 Å². The molecule has 2 heterocycles. The number of carbonyl (C=O) groups excluding carboxylic acids is 1. The molecule has 6 nitrogen and oxygen atoms in total. The number of nitrogens with zero attached hydrogens (tertiary/aromatic N) is 3. The number of hydrogen-bond donors (Lipinski definition) is 1. The van der Waals surface area contributed by atoms with E-state index < -0.39 is 0 Å². The van der Waals surface area contributed by atoms with Crippen LogP contribution in [0.2, 0.25) is 0 Å². The summed E-state index contributed by atoms with van der Waals surface area (Å²) >= 11 is 3.07. The van der Waals surface area contributed by atoms with Gasteiger partial charge in [-0.05, 0) is 36.4 Å². The minimum atomic E-state index is -0.0841. The van der Waals surface area contributed by atoms with Gasteiger partial charge in [-0.15, -0.1) is 22.0 Å². The Morgan fingerprint density at radius 2 is 1.70 bits per heavy atom. The van der Waals surface area contributed by atoms with Gasteiger partial charge in [0.1, 0.15) is 11.6 Å². The van der Waals surface area contributed by atoms with Crippen LogP contribution >= 0.6 is 23.5 Å². The lowest BCUT2D eigenvalue weighted by Crippen LogP contribution is -2.24. The highest BCUT2D eigenvalue weighted by Gasteiger charge is 2.16. The fraction of sp³-hybridized carbons (Fsp3) is 0.136. The van der Waals surface area contributed by atoms with E-state index in [2.05, 4.69) is 27.6 Å². The molecule has 30 heavy (non-hydrogen) atoms. The molecule has 2 aromatic heterocycles. The van der Waals surface area contributed by atoms with E-state index in [1.807, 2.05) is 59.2 Å². The Morgan fingerprint density at radius 3 is 2.43 bits per heavy atom. The molecular formula is C22H20N4O2S2. The van der Waals surface area contributed by atoms with Gasteiger partial charge >= 0.3 is 0 Å². The van der Waals surface area contributed by atoms with Gasteiger partial charge in [-0.3, -0.25) is 9.36 Å². The van der Waals surface area contributed by atoms with Crippen LogP contribution in [-0.2, 0) is 17.1 Å². The first-order chi connectivity index (χ1) is 14.8. The van der Waals surface area contributed by atoms with Gasteiger partial charge in [0.25, 0.3) is 0 Å². The van der Waals surface area contributed by atoms with E-state index in [1.165, 1.54) is 16.7 Å². The predicted molar refractivity (Wildman–Crippen MR) is 119 cm³/mol. The van der Waals surface area contributed by atoms with Crippen molar-refractivity contribution in [1.82, 2.24) is 20.1 Å². The highest BCUT2D eigenvalue weighted by molar-refractivity contribution is 7.99. The molecule has 4 rings (SSSR count). The number of amides is 1. The molecule has 0 atom stereocenters. The van der Waals surface area contributed by atoms with Crippen molar-refractivity contribution in [3.8, 4) is 5.69 Å². The van der Waals surface area contributed by atoms with Gasteiger partial charge in [0, 0.05) is 10.6 Å². The summed E-state index contributed by atoms with van der Waals surface area (Å²) < 4.78 is 7.25. The van der Waals surface area contributed by atoms with Crippen LogP contribution in [0.4, 0.5) is 0 Å². The van der Waals surface area contributed by atoms with Gasteiger partial charge in [0.15, 0.2) is 5.16 Å². The molecule has 0 aliphatic heterocycles. The number of aromatic nitrogens is 3. The fourth-order valence-corrected chi connectivity index (χ4v) is 4.40. The third-order valence-corrected chi connectivity index (χ3v) is 6.14. The standard InChI is InChI=1S/C22H20N4O2S2/c27-21(23-14-18-10-7-13-28-18)16-30-22-25-24-20(15-29-19-11-5-2-6-12-19)26(22)17-8-3-1-4-9-17/h1-13H,14-16H2,(H,23,27). The smallest absolute Gasteiger partial charge is 0.230 e.